The molecule has 116 valence electrons. The van der Waals surface area contributed by atoms with Crippen molar-refractivity contribution in [1.29, 1.82) is 0 Å². The van der Waals surface area contributed by atoms with Crippen LogP contribution in [-0.4, -0.2) is 36.2 Å². The minimum atomic E-state index is -0.399. The van der Waals surface area contributed by atoms with Gasteiger partial charge in [0.05, 0.1) is 12.8 Å². The fraction of sp³-hybridized carbons (Fsp3) is 0.667. The molecule has 0 saturated heterocycles. The maximum atomic E-state index is 12.0. The molecule has 0 bridgehead atoms. The van der Waals surface area contributed by atoms with E-state index in [0.29, 0.717) is 24.7 Å². The second kappa shape index (κ2) is 7.47. The smallest absolute Gasteiger partial charge is 0.357 e. The first-order chi connectivity index (χ1) is 10.2. The number of ether oxygens (including phenoxy) is 2. The van der Waals surface area contributed by atoms with Crippen molar-refractivity contribution in [2.24, 2.45) is 0 Å². The van der Waals surface area contributed by atoms with Crippen LogP contribution >= 0.6 is 0 Å². The number of fused-ring (bicyclic) bond motifs is 1. The minimum Gasteiger partial charge on any atom is -0.464 e. The molecule has 1 N–H and O–H groups in total. The molecule has 21 heavy (non-hydrogen) atoms. The Morgan fingerprint density at radius 1 is 1.38 bits per heavy atom. The summed E-state index contributed by atoms with van der Waals surface area (Å²) in [5.74, 6) is 0.185. The average molecular weight is 293 g/mol. The molecule has 2 rings (SSSR count). The molecule has 1 aromatic rings. The van der Waals surface area contributed by atoms with E-state index in [0.717, 1.165) is 37.1 Å². The molecule has 1 aliphatic heterocycles. The molecule has 0 aromatic carbocycles. The third-order valence-electron chi connectivity index (χ3n) is 3.54. The first-order valence-corrected chi connectivity index (χ1v) is 7.51. The summed E-state index contributed by atoms with van der Waals surface area (Å²) in [5, 5.41) is 3.27. The molecule has 0 aliphatic carbocycles. The van der Waals surface area contributed by atoms with E-state index < -0.39 is 5.97 Å². The number of nitrogens with one attached hydrogen (secondary N) is 1. The van der Waals surface area contributed by atoms with E-state index in [1.165, 1.54) is 7.11 Å². The molecule has 1 atom stereocenters. The molecule has 0 amide bonds. The second-order valence-corrected chi connectivity index (χ2v) is 5.01. The number of hydrogen-bond acceptors (Lipinski definition) is 6. The predicted octanol–water partition coefficient (Wildman–Crippen LogP) is 1.79. The van der Waals surface area contributed by atoms with Crippen molar-refractivity contribution in [3.8, 4) is 0 Å². The number of carbonyl (C=O) groups is 1. The van der Waals surface area contributed by atoms with E-state index in [1.807, 2.05) is 6.92 Å². The van der Waals surface area contributed by atoms with E-state index in [9.17, 15) is 4.79 Å². The van der Waals surface area contributed by atoms with Crippen LogP contribution < -0.4 is 5.32 Å². The van der Waals surface area contributed by atoms with Gasteiger partial charge in [0.15, 0.2) is 11.5 Å². The Bertz CT molecular complexity index is 499. The first-order valence-electron chi connectivity index (χ1n) is 7.51. The Balaban J connectivity index is 2.44. The molecule has 0 fully saturated rings. The van der Waals surface area contributed by atoms with Crippen molar-refractivity contribution >= 4 is 5.97 Å². The van der Waals surface area contributed by atoms with Crippen LogP contribution in [0.3, 0.4) is 0 Å². The van der Waals surface area contributed by atoms with Gasteiger partial charge in [0.25, 0.3) is 0 Å². The third-order valence-corrected chi connectivity index (χ3v) is 3.54. The van der Waals surface area contributed by atoms with Gasteiger partial charge in [-0.15, -0.1) is 0 Å². The molecule has 1 unspecified atom stereocenters. The zero-order chi connectivity index (χ0) is 15.2. The van der Waals surface area contributed by atoms with Crippen molar-refractivity contribution in [3.63, 3.8) is 0 Å². The highest BCUT2D eigenvalue weighted by atomic mass is 16.5. The van der Waals surface area contributed by atoms with Gasteiger partial charge >= 0.3 is 5.97 Å². The standard InChI is InChI=1S/C15H23N3O3/c1-4-6-12(21-5-2)14-17-11-9-16-8-7-10(11)13(18-14)15(19)20-3/h12,16H,4-9H2,1-3H3. The molecule has 0 saturated carbocycles. The maximum absolute atomic E-state index is 12.0. The number of methoxy groups -OCH3 is 1. The van der Waals surface area contributed by atoms with Gasteiger partial charge in [-0.3, -0.25) is 0 Å². The summed E-state index contributed by atoms with van der Waals surface area (Å²) in [6.45, 7) is 6.11. The van der Waals surface area contributed by atoms with Gasteiger partial charge in [0, 0.05) is 18.7 Å². The minimum absolute atomic E-state index is 0.171. The van der Waals surface area contributed by atoms with Gasteiger partial charge in [0.1, 0.15) is 6.10 Å². The summed E-state index contributed by atoms with van der Waals surface area (Å²) in [6.07, 6.45) is 2.38. The number of nitrogens with zero attached hydrogens (tertiary/aromatic N) is 2. The predicted molar refractivity (Wildman–Crippen MR) is 78.1 cm³/mol. The zero-order valence-electron chi connectivity index (χ0n) is 12.9. The summed E-state index contributed by atoms with van der Waals surface area (Å²) in [4.78, 5) is 21.1. The summed E-state index contributed by atoms with van der Waals surface area (Å²) < 4.78 is 10.6. The maximum Gasteiger partial charge on any atom is 0.357 e. The molecule has 0 spiro atoms. The average Bonchev–Trinajstić information content (AvgIpc) is 2.53. The van der Waals surface area contributed by atoms with E-state index in [2.05, 4.69) is 22.2 Å². The number of esters is 1. The van der Waals surface area contributed by atoms with Crippen LogP contribution in [0.15, 0.2) is 0 Å². The van der Waals surface area contributed by atoms with Crippen LogP contribution in [0.1, 0.15) is 60.4 Å². The number of carbonyl (C=O) groups excluding carboxylic acids is 1. The Hall–Kier alpha value is -1.53. The van der Waals surface area contributed by atoms with Gasteiger partial charge in [-0.05, 0) is 26.3 Å². The second-order valence-electron chi connectivity index (χ2n) is 5.01. The van der Waals surface area contributed by atoms with Crippen LogP contribution in [-0.2, 0) is 22.4 Å². The van der Waals surface area contributed by atoms with Gasteiger partial charge in [-0.1, -0.05) is 13.3 Å². The molecule has 6 nitrogen and oxygen atoms in total. The summed E-state index contributed by atoms with van der Waals surface area (Å²) in [7, 11) is 1.38. The lowest BCUT2D eigenvalue weighted by Gasteiger charge is -2.22. The van der Waals surface area contributed by atoms with E-state index in [1.54, 1.807) is 0 Å². The lowest BCUT2D eigenvalue weighted by atomic mass is 10.0. The third kappa shape index (κ3) is 3.57. The molecule has 0 radical (unpaired) electrons. The molecular weight excluding hydrogens is 270 g/mol. The zero-order valence-corrected chi connectivity index (χ0v) is 12.9. The lowest BCUT2D eigenvalue weighted by Crippen LogP contribution is -2.29. The Morgan fingerprint density at radius 3 is 2.86 bits per heavy atom. The molecule has 2 heterocycles. The van der Waals surface area contributed by atoms with Crippen LogP contribution in [0, 0.1) is 0 Å². The molecule has 1 aromatic heterocycles. The fourth-order valence-electron chi connectivity index (χ4n) is 2.54. The Labute approximate surface area is 125 Å². The largest absolute Gasteiger partial charge is 0.464 e. The number of hydrogen-bond donors (Lipinski definition) is 1. The Morgan fingerprint density at radius 2 is 2.19 bits per heavy atom. The molecule has 1 aliphatic rings. The monoisotopic (exact) mass is 293 g/mol. The van der Waals surface area contributed by atoms with E-state index >= 15 is 0 Å². The van der Waals surface area contributed by atoms with Crippen molar-refractivity contribution in [3.05, 3.63) is 22.8 Å². The van der Waals surface area contributed by atoms with Crippen LogP contribution in [0.2, 0.25) is 0 Å². The van der Waals surface area contributed by atoms with Crippen molar-refractivity contribution in [1.82, 2.24) is 15.3 Å². The normalized spacial score (nSPS) is 15.4. The summed E-state index contributed by atoms with van der Waals surface area (Å²) in [5.41, 5.74) is 2.17. The van der Waals surface area contributed by atoms with Crippen molar-refractivity contribution < 1.29 is 14.3 Å². The SMILES string of the molecule is CCCC(OCC)c1nc2c(c(C(=O)OC)n1)CCNC2. The van der Waals surface area contributed by atoms with Crippen LogP contribution in [0.25, 0.3) is 0 Å². The highest BCUT2D eigenvalue weighted by Crippen LogP contribution is 2.24. The van der Waals surface area contributed by atoms with Crippen LogP contribution in [0.4, 0.5) is 0 Å². The van der Waals surface area contributed by atoms with Gasteiger partial charge in [0.2, 0.25) is 0 Å². The van der Waals surface area contributed by atoms with Crippen LogP contribution in [0.5, 0.6) is 0 Å². The number of aromatic nitrogens is 2. The van der Waals surface area contributed by atoms with Crippen molar-refractivity contribution in [2.45, 2.75) is 45.8 Å². The van der Waals surface area contributed by atoms with Gasteiger partial charge < -0.3 is 14.8 Å². The summed E-state index contributed by atoms with van der Waals surface area (Å²) >= 11 is 0. The fourth-order valence-corrected chi connectivity index (χ4v) is 2.54. The number of rotatable bonds is 6. The highest BCUT2D eigenvalue weighted by Gasteiger charge is 2.25. The quantitative estimate of drug-likeness (QED) is 0.806. The lowest BCUT2D eigenvalue weighted by molar-refractivity contribution is 0.0478. The van der Waals surface area contributed by atoms with Gasteiger partial charge in [-0.25, -0.2) is 14.8 Å². The van der Waals surface area contributed by atoms with E-state index in [-0.39, 0.29) is 6.10 Å². The van der Waals surface area contributed by atoms with Gasteiger partial charge in [-0.2, -0.15) is 0 Å². The van der Waals surface area contributed by atoms with Crippen molar-refractivity contribution in [2.75, 3.05) is 20.3 Å². The molecular formula is C15H23N3O3. The molecule has 6 heteroatoms. The topological polar surface area (TPSA) is 73.3 Å². The first kappa shape index (κ1) is 15.9. The Kier molecular flexibility index (Phi) is 5.64. The van der Waals surface area contributed by atoms with E-state index in [4.69, 9.17) is 9.47 Å². The summed E-state index contributed by atoms with van der Waals surface area (Å²) in [6, 6.07) is 0. The highest BCUT2D eigenvalue weighted by molar-refractivity contribution is 5.89.